The van der Waals surface area contributed by atoms with Crippen molar-refractivity contribution in [3.8, 4) is 0 Å². The van der Waals surface area contributed by atoms with Crippen molar-refractivity contribution in [3.63, 3.8) is 0 Å². The van der Waals surface area contributed by atoms with E-state index in [1.54, 1.807) is 6.20 Å². The lowest BCUT2D eigenvalue weighted by Crippen LogP contribution is -2.38. The predicted molar refractivity (Wildman–Crippen MR) is 59.3 cm³/mol. The molecule has 3 unspecified atom stereocenters. The molecule has 1 aliphatic carbocycles. The normalized spacial score (nSPS) is 31.7. The average molecular weight is 208 g/mol. The smallest absolute Gasteiger partial charge is 0.150 e. The van der Waals surface area contributed by atoms with Gasteiger partial charge in [0.05, 0.1) is 12.7 Å². The molecular weight excluding hydrogens is 188 g/mol. The van der Waals surface area contributed by atoms with Crippen LogP contribution in [0.4, 0.5) is 0 Å². The highest BCUT2D eigenvalue weighted by molar-refractivity contribution is 4.93. The Morgan fingerprint density at radius 3 is 3.00 bits per heavy atom. The molecule has 1 aromatic heterocycles. The zero-order chi connectivity index (χ0) is 10.7. The third-order valence-electron chi connectivity index (χ3n) is 3.46. The van der Waals surface area contributed by atoms with Crippen LogP contribution in [0.15, 0.2) is 16.8 Å². The van der Waals surface area contributed by atoms with Crippen molar-refractivity contribution in [2.24, 2.45) is 11.8 Å². The van der Waals surface area contributed by atoms with Crippen molar-refractivity contribution < 1.29 is 4.52 Å². The Balaban J connectivity index is 1.79. The number of aromatic nitrogens is 1. The van der Waals surface area contributed by atoms with Crippen LogP contribution < -0.4 is 5.32 Å². The highest BCUT2D eigenvalue weighted by atomic mass is 16.5. The minimum absolute atomic E-state index is 0.645. The number of nitrogens with zero attached hydrogens (tertiary/aromatic N) is 1. The second kappa shape index (κ2) is 4.79. The number of hydrogen-bond acceptors (Lipinski definition) is 3. The maximum absolute atomic E-state index is 5.07. The van der Waals surface area contributed by atoms with E-state index >= 15 is 0 Å². The van der Waals surface area contributed by atoms with Gasteiger partial charge in [0.15, 0.2) is 0 Å². The first-order chi connectivity index (χ1) is 7.25. The second-order valence-electron chi connectivity index (χ2n) is 4.86. The number of nitrogens with one attached hydrogen (secondary N) is 1. The minimum atomic E-state index is 0.645. The van der Waals surface area contributed by atoms with Crippen molar-refractivity contribution in [2.45, 2.75) is 45.7 Å². The predicted octanol–water partition coefficient (Wildman–Crippen LogP) is 2.59. The summed E-state index contributed by atoms with van der Waals surface area (Å²) in [5.74, 6) is 2.60. The largest absolute Gasteiger partial charge is 0.360 e. The molecule has 0 bridgehead atoms. The first-order valence-corrected chi connectivity index (χ1v) is 5.88. The molecule has 3 nitrogen and oxygen atoms in total. The van der Waals surface area contributed by atoms with Gasteiger partial charge in [0.2, 0.25) is 0 Å². The minimum Gasteiger partial charge on any atom is -0.360 e. The molecule has 1 aromatic rings. The molecule has 0 spiro atoms. The van der Waals surface area contributed by atoms with Crippen LogP contribution in [-0.4, -0.2) is 11.2 Å². The van der Waals surface area contributed by atoms with Gasteiger partial charge in [0, 0.05) is 12.1 Å². The number of hydrogen-bond donors (Lipinski definition) is 1. The summed E-state index contributed by atoms with van der Waals surface area (Å²) in [5, 5.41) is 7.26. The molecule has 0 aliphatic heterocycles. The van der Waals surface area contributed by atoms with Gasteiger partial charge in [-0.25, -0.2) is 0 Å². The molecule has 0 amide bonds. The molecular formula is C12H20N2O. The van der Waals surface area contributed by atoms with E-state index in [4.69, 9.17) is 4.52 Å². The fourth-order valence-electron chi connectivity index (χ4n) is 2.53. The molecule has 1 aliphatic rings. The Morgan fingerprint density at radius 1 is 1.47 bits per heavy atom. The molecule has 0 radical (unpaired) electrons. The van der Waals surface area contributed by atoms with Crippen LogP contribution in [0.3, 0.4) is 0 Å². The maximum Gasteiger partial charge on any atom is 0.150 e. The van der Waals surface area contributed by atoms with E-state index in [0.717, 1.165) is 24.1 Å². The topological polar surface area (TPSA) is 38.1 Å². The fraction of sp³-hybridized carbons (Fsp3) is 0.750. The van der Waals surface area contributed by atoms with Gasteiger partial charge in [-0.3, -0.25) is 0 Å². The van der Waals surface area contributed by atoms with Gasteiger partial charge in [-0.15, -0.1) is 0 Å². The van der Waals surface area contributed by atoms with Crippen LogP contribution in [-0.2, 0) is 6.54 Å². The van der Waals surface area contributed by atoms with Crippen LogP contribution in [0.25, 0.3) is 0 Å². The van der Waals surface area contributed by atoms with E-state index in [1.165, 1.54) is 19.3 Å². The van der Waals surface area contributed by atoms with Crippen molar-refractivity contribution >= 4 is 0 Å². The molecule has 1 fully saturated rings. The van der Waals surface area contributed by atoms with Crippen molar-refractivity contribution in [1.82, 2.24) is 10.5 Å². The molecule has 84 valence electrons. The lowest BCUT2D eigenvalue weighted by Gasteiger charge is -2.33. The summed E-state index contributed by atoms with van der Waals surface area (Å²) in [4.78, 5) is 0. The van der Waals surface area contributed by atoms with Gasteiger partial charge >= 0.3 is 0 Å². The first kappa shape index (κ1) is 10.7. The van der Waals surface area contributed by atoms with Crippen molar-refractivity contribution in [2.75, 3.05) is 0 Å². The van der Waals surface area contributed by atoms with Crippen LogP contribution in [0.5, 0.6) is 0 Å². The quantitative estimate of drug-likeness (QED) is 0.829. The molecule has 3 heteroatoms. The summed E-state index contributed by atoms with van der Waals surface area (Å²) in [5.41, 5.74) is 0. The van der Waals surface area contributed by atoms with Crippen LogP contribution in [0, 0.1) is 11.8 Å². The van der Waals surface area contributed by atoms with Crippen molar-refractivity contribution in [1.29, 1.82) is 0 Å². The third kappa shape index (κ3) is 2.81. The molecule has 3 atom stereocenters. The second-order valence-corrected chi connectivity index (χ2v) is 4.86. The Kier molecular flexibility index (Phi) is 3.41. The Bertz CT molecular complexity index is 284. The van der Waals surface area contributed by atoms with Gasteiger partial charge in [0.25, 0.3) is 0 Å². The van der Waals surface area contributed by atoms with E-state index in [9.17, 15) is 0 Å². The Labute approximate surface area is 91.2 Å². The zero-order valence-electron chi connectivity index (χ0n) is 9.57. The standard InChI is InChI=1S/C12H20N2O/c1-9-3-4-12(10(2)7-9)13-8-11-5-6-14-15-11/h5-6,9-10,12-13H,3-4,7-8H2,1-2H3. The molecule has 0 aromatic carbocycles. The molecule has 15 heavy (non-hydrogen) atoms. The van der Waals surface area contributed by atoms with E-state index in [1.807, 2.05) is 6.07 Å². The first-order valence-electron chi connectivity index (χ1n) is 5.88. The van der Waals surface area contributed by atoms with Gasteiger partial charge in [-0.05, 0) is 31.1 Å². The lowest BCUT2D eigenvalue weighted by atomic mass is 9.80. The molecule has 2 rings (SSSR count). The van der Waals surface area contributed by atoms with Gasteiger partial charge in [-0.1, -0.05) is 19.0 Å². The summed E-state index contributed by atoms with van der Waals surface area (Å²) in [6.07, 6.45) is 5.67. The highest BCUT2D eigenvalue weighted by Gasteiger charge is 2.24. The fourth-order valence-corrected chi connectivity index (χ4v) is 2.53. The number of rotatable bonds is 3. The third-order valence-corrected chi connectivity index (χ3v) is 3.46. The van der Waals surface area contributed by atoms with E-state index in [2.05, 4.69) is 24.3 Å². The van der Waals surface area contributed by atoms with Gasteiger partial charge in [0.1, 0.15) is 5.76 Å². The summed E-state index contributed by atoms with van der Waals surface area (Å²) in [6, 6.07) is 2.56. The Hall–Kier alpha value is -0.830. The average Bonchev–Trinajstić information content (AvgIpc) is 2.69. The van der Waals surface area contributed by atoms with E-state index < -0.39 is 0 Å². The molecule has 1 saturated carbocycles. The van der Waals surface area contributed by atoms with Crippen molar-refractivity contribution in [3.05, 3.63) is 18.0 Å². The van der Waals surface area contributed by atoms with E-state index in [-0.39, 0.29) is 0 Å². The van der Waals surface area contributed by atoms with E-state index in [0.29, 0.717) is 6.04 Å². The van der Waals surface area contributed by atoms with Crippen LogP contribution >= 0.6 is 0 Å². The molecule has 0 saturated heterocycles. The molecule has 1 heterocycles. The molecule has 1 N–H and O–H groups in total. The van der Waals surface area contributed by atoms with Gasteiger partial charge in [-0.2, -0.15) is 0 Å². The van der Waals surface area contributed by atoms with Gasteiger partial charge < -0.3 is 9.84 Å². The van der Waals surface area contributed by atoms with Crippen LogP contribution in [0.1, 0.15) is 38.9 Å². The Morgan fingerprint density at radius 2 is 2.33 bits per heavy atom. The maximum atomic E-state index is 5.07. The summed E-state index contributed by atoms with van der Waals surface area (Å²) >= 11 is 0. The summed E-state index contributed by atoms with van der Waals surface area (Å²) in [7, 11) is 0. The monoisotopic (exact) mass is 208 g/mol. The highest BCUT2D eigenvalue weighted by Crippen LogP contribution is 2.28. The van der Waals surface area contributed by atoms with Crippen LogP contribution in [0.2, 0.25) is 0 Å². The summed E-state index contributed by atoms with van der Waals surface area (Å²) in [6.45, 7) is 5.50. The zero-order valence-corrected chi connectivity index (χ0v) is 9.57. The lowest BCUT2D eigenvalue weighted by molar-refractivity contribution is 0.221. The summed E-state index contributed by atoms with van der Waals surface area (Å²) < 4.78 is 5.07. The SMILES string of the molecule is CC1CCC(NCc2ccno2)C(C)C1.